The molecule has 2 aromatic carbocycles. The quantitative estimate of drug-likeness (QED) is 0.587. The standard InChI is InChI=1S/C18H17N5O4S/c1-11-5-3-8-14(17(25)26)16(11)19-15(24)10-28-18-20-21-22-23(18)12-6-4-7-13(9-12)27-2/h3-9H,10H2,1-2H3,(H,19,24)(H,25,26)/p-1. The molecule has 0 aliphatic rings. The molecular formula is C18H16N5O4S-. The van der Waals surface area contributed by atoms with Crippen LogP contribution in [0.25, 0.3) is 5.69 Å². The van der Waals surface area contributed by atoms with Crippen LogP contribution in [-0.4, -0.2) is 44.9 Å². The Labute approximate surface area is 164 Å². The van der Waals surface area contributed by atoms with Crippen LogP contribution in [0.2, 0.25) is 0 Å². The number of tetrazole rings is 1. The molecule has 1 N–H and O–H groups in total. The van der Waals surface area contributed by atoms with Crippen molar-refractivity contribution < 1.29 is 19.4 Å². The Balaban J connectivity index is 1.72. The number of carbonyl (C=O) groups is 2. The van der Waals surface area contributed by atoms with E-state index >= 15 is 0 Å². The van der Waals surface area contributed by atoms with Crippen LogP contribution < -0.4 is 15.2 Å². The third-order valence-electron chi connectivity index (χ3n) is 3.83. The molecule has 9 nitrogen and oxygen atoms in total. The van der Waals surface area contributed by atoms with Gasteiger partial charge in [-0.3, -0.25) is 4.79 Å². The second-order valence-corrected chi connectivity index (χ2v) is 6.64. The zero-order valence-electron chi connectivity index (χ0n) is 15.1. The maximum atomic E-state index is 12.3. The fraction of sp³-hybridized carbons (Fsp3) is 0.167. The summed E-state index contributed by atoms with van der Waals surface area (Å²) in [6, 6.07) is 11.9. The second kappa shape index (κ2) is 8.53. The number of methoxy groups -OCH3 is 1. The number of ether oxygens (including phenoxy) is 1. The number of hydrogen-bond acceptors (Lipinski definition) is 8. The smallest absolute Gasteiger partial charge is 0.234 e. The Kier molecular flexibility index (Phi) is 5.90. The lowest BCUT2D eigenvalue weighted by molar-refractivity contribution is -0.254. The first-order valence-corrected chi connectivity index (χ1v) is 9.14. The van der Waals surface area contributed by atoms with E-state index in [1.807, 2.05) is 6.07 Å². The highest BCUT2D eigenvalue weighted by atomic mass is 32.2. The molecule has 0 unspecified atom stereocenters. The molecule has 144 valence electrons. The van der Waals surface area contributed by atoms with E-state index in [4.69, 9.17) is 4.74 Å². The van der Waals surface area contributed by atoms with Gasteiger partial charge in [-0.1, -0.05) is 36.0 Å². The lowest BCUT2D eigenvalue weighted by Gasteiger charge is -2.14. The van der Waals surface area contributed by atoms with Crippen molar-refractivity contribution in [3.8, 4) is 11.4 Å². The number of carboxylic acid groups (broad SMARTS) is 1. The van der Waals surface area contributed by atoms with E-state index in [2.05, 4.69) is 20.8 Å². The summed E-state index contributed by atoms with van der Waals surface area (Å²) in [7, 11) is 1.56. The van der Waals surface area contributed by atoms with Gasteiger partial charge in [0.05, 0.1) is 30.2 Å². The second-order valence-electron chi connectivity index (χ2n) is 5.70. The largest absolute Gasteiger partial charge is 0.545 e. The molecule has 1 amide bonds. The number of thioether (sulfide) groups is 1. The summed E-state index contributed by atoms with van der Waals surface area (Å²) >= 11 is 1.12. The van der Waals surface area contributed by atoms with Crippen LogP contribution in [0.3, 0.4) is 0 Å². The van der Waals surface area contributed by atoms with Crippen LogP contribution in [0.1, 0.15) is 15.9 Å². The number of hydrogen-bond donors (Lipinski definition) is 1. The third-order valence-corrected chi connectivity index (χ3v) is 4.75. The number of carboxylic acids is 1. The molecule has 1 heterocycles. The van der Waals surface area contributed by atoms with Gasteiger partial charge in [0, 0.05) is 11.6 Å². The molecule has 0 aliphatic carbocycles. The topological polar surface area (TPSA) is 122 Å². The molecule has 0 atom stereocenters. The zero-order chi connectivity index (χ0) is 20.1. The number of nitrogens with one attached hydrogen (secondary N) is 1. The first-order chi connectivity index (χ1) is 13.5. The number of aryl methyl sites for hydroxylation is 1. The Morgan fingerprint density at radius 3 is 2.79 bits per heavy atom. The molecule has 0 saturated heterocycles. The van der Waals surface area contributed by atoms with Crippen molar-refractivity contribution in [1.29, 1.82) is 0 Å². The van der Waals surface area contributed by atoms with Gasteiger partial charge >= 0.3 is 0 Å². The van der Waals surface area contributed by atoms with E-state index < -0.39 is 5.97 Å². The monoisotopic (exact) mass is 398 g/mol. The van der Waals surface area contributed by atoms with Gasteiger partial charge in [-0.2, -0.15) is 4.68 Å². The number of benzene rings is 2. The van der Waals surface area contributed by atoms with E-state index in [0.717, 1.165) is 11.8 Å². The van der Waals surface area contributed by atoms with Crippen molar-refractivity contribution in [1.82, 2.24) is 20.2 Å². The van der Waals surface area contributed by atoms with Crippen molar-refractivity contribution in [3.05, 3.63) is 53.6 Å². The van der Waals surface area contributed by atoms with Gasteiger partial charge in [0.15, 0.2) is 0 Å². The summed E-state index contributed by atoms with van der Waals surface area (Å²) in [5.74, 6) is -1.10. The van der Waals surface area contributed by atoms with Crippen LogP contribution in [0, 0.1) is 6.92 Å². The highest BCUT2D eigenvalue weighted by Gasteiger charge is 2.14. The van der Waals surface area contributed by atoms with Crippen molar-refractivity contribution in [2.24, 2.45) is 0 Å². The number of aromatic carboxylic acids is 1. The summed E-state index contributed by atoms with van der Waals surface area (Å²) < 4.78 is 6.68. The number of amides is 1. The fourth-order valence-corrected chi connectivity index (χ4v) is 3.17. The highest BCUT2D eigenvalue weighted by Crippen LogP contribution is 2.23. The Morgan fingerprint density at radius 2 is 2.04 bits per heavy atom. The number of aromatic nitrogens is 4. The third kappa shape index (κ3) is 4.29. The van der Waals surface area contributed by atoms with Gasteiger partial charge in [0.1, 0.15) is 5.75 Å². The summed E-state index contributed by atoms with van der Waals surface area (Å²) in [4.78, 5) is 23.6. The lowest BCUT2D eigenvalue weighted by Crippen LogP contribution is -2.25. The molecule has 0 saturated carbocycles. The molecule has 1 aromatic heterocycles. The van der Waals surface area contributed by atoms with Crippen LogP contribution in [-0.2, 0) is 4.79 Å². The normalized spacial score (nSPS) is 10.5. The minimum Gasteiger partial charge on any atom is -0.545 e. The average Bonchev–Trinajstić information content (AvgIpc) is 3.16. The summed E-state index contributed by atoms with van der Waals surface area (Å²) in [6.07, 6.45) is 0. The Morgan fingerprint density at radius 1 is 1.25 bits per heavy atom. The van der Waals surface area contributed by atoms with Gasteiger partial charge in [0.2, 0.25) is 11.1 Å². The molecule has 3 rings (SSSR count). The molecule has 0 bridgehead atoms. The zero-order valence-corrected chi connectivity index (χ0v) is 15.9. The SMILES string of the molecule is COc1cccc(-n2nnnc2SCC(=O)Nc2c(C)cccc2C(=O)[O-])c1. The lowest BCUT2D eigenvalue weighted by atomic mass is 10.1. The van der Waals surface area contributed by atoms with Gasteiger partial charge in [0.25, 0.3) is 0 Å². The van der Waals surface area contributed by atoms with Crippen LogP contribution in [0.15, 0.2) is 47.6 Å². The van der Waals surface area contributed by atoms with E-state index in [1.165, 1.54) is 10.7 Å². The van der Waals surface area contributed by atoms with Crippen molar-refractivity contribution >= 4 is 29.3 Å². The predicted molar refractivity (Wildman–Crippen MR) is 101 cm³/mol. The van der Waals surface area contributed by atoms with Crippen LogP contribution >= 0.6 is 11.8 Å². The van der Waals surface area contributed by atoms with E-state index in [0.29, 0.717) is 22.2 Å². The van der Waals surface area contributed by atoms with Gasteiger partial charge in [-0.05, 0) is 35.0 Å². The number of rotatable bonds is 7. The van der Waals surface area contributed by atoms with E-state index in [1.54, 1.807) is 44.4 Å². The molecule has 28 heavy (non-hydrogen) atoms. The molecule has 0 spiro atoms. The minimum atomic E-state index is -1.35. The molecule has 0 radical (unpaired) electrons. The highest BCUT2D eigenvalue weighted by molar-refractivity contribution is 7.99. The van der Waals surface area contributed by atoms with Crippen LogP contribution in [0.5, 0.6) is 5.75 Å². The first kappa shape index (κ1) is 19.4. The molecule has 3 aromatic rings. The van der Waals surface area contributed by atoms with Crippen LogP contribution in [0.4, 0.5) is 5.69 Å². The summed E-state index contributed by atoms with van der Waals surface area (Å²) in [5.41, 5.74) is 1.46. The first-order valence-electron chi connectivity index (χ1n) is 8.16. The average molecular weight is 398 g/mol. The number of nitrogens with zero attached hydrogens (tertiary/aromatic N) is 4. The molecule has 0 aliphatic heterocycles. The van der Waals surface area contributed by atoms with E-state index in [-0.39, 0.29) is 22.9 Å². The fourth-order valence-electron chi connectivity index (χ4n) is 2.48. The minimum absolute atomic E-state index is 0.00877. The van der Waals surface area contributed by atoms with Crippen molar-refractivity contribution in [2.45, 2.75) is 12.1 Å². The molecule has 0 fully saturated rings. The molecular weight excluding hydrogens is 382 g/mol. The Hall–Kier alpha value is -3.40. The van der Waals surface area contributed by atoms with Crippen molar-refractivity contribution in [2.75, 3.05) is 18.2 Å². The maximum Gasteiger partial charge on any atom is 0.234 e. The van der Waals surface area contributed by atoms with Gasteiger partial charge in [-0.15, -0.1) is 5.10 Å². The number of carbonyl (C=O) groups excluding carboxylic acids is 2. The maximum absolute atomic E-state index is 12.3. The van der Waals surface area contributed by atoms with E-state index in [9.17, 15) is 14.7 Å². The summed E-state index contributed by atoms with van der Waals surface area (Å²) in [6.45, 7) is 1.71. The number of para-hydroxylation sites is 1. The van der Waals surface area contributed by atoms with Crippen molar-refractivity contribution in [3.63, 3.8) is 0 Å². The predicted octanol–water partition coefficient (Wildman–Crippen LogP) is 1.07. The van der Waals surface area contributed by atoms with Gasteiger partial charge in [-0.25, -0.2) is 0 Å². The molecule has 10 heteroatoms. The van der Waals surface area contributed by atoms with Gasteiger partial charge < -0.3 is 20.0 Å². The number of anilines is 1. The summed E-state index contributed by atoms with van der Waals surface area (Å²) in [5, 5.41) is 25.8. The Bertz CT molecular complexity index is 1020.